The van der Waals surface area contributed by atoms with Crippen LogP contribution in [0.2, 0.25) is 0 Å². The standard InChI is InChI=1S/C50H40N2S4/c1-25-26(2)30(6)44-43(29(25)5)53-47-41(51-37-21-13-9-17-33(37)34-18-10-14-22-38(34)51)49-50(56-46-32(8)28(4)27(3)31(7)45(46)55-49)42(48(47)54-44)52-39-23-15-11-19-35(39)36-20-12-16-24-40(36)52/h9-24H,1-8H3. The van der Waals surface area contributed by atoms with Gasteiger partial charge in [0.2, 0.25) is 0 Å². The maximum absolute atomic E-state index is 2.61. The van der Waals surface area contributed by atoms with Crippen LogP contribution in [0.1, 0.15) is 44.5 Å². The first-order valence-electron chi connectivity index (χ1n) is 19.3. The monoisotopic (exact) mass is 796 g/mol. The highest BCUT2D eigenvalue weighted by atomic mass is 32.1. The molecule has 4 aromatic heterocycles. The van der Waals surface area contributed by atoms with Gasteiger partial charge in [0, 0.05) is 40.3 Å². The molecule has 0 fully saturated rings. The van der Waals surface area contributed by atoms with Crippen LogP contribution in [0.25, 0.3) is 92.6 Å². The summed E-state index contributed by atoms with van der Waals surface area (Å²) in [6.07, 6.45) is 0. The lowest BCUT2D eigenvalue weighted by Gasteiger charge is -2.22. The quantitative estimate of drug-likeness (QED) is 0.154. The van der Waals surface area contributed by atoms with Crippen LogP contribution in [0.15, 0.2) is 97.1 Å². The van der Waals surface area contributed by atoms with E-state index in [-0.39, 0.29) is 0 Å². The Labute approximate surface area is 341 Å². The molecule has 0 aliphatic heterocycles. The van der Waals surface area contributed by atoms with Crippen molar-refractivity contribution in [3.05, 3.63) is 142 Å². The number of aryl methyl sites for hydroxylation is 4. The fourth-order valence-corrected chi connectivity index (χ4v) is 15.2. The molecule has 0 saturated heterocycles. The van der Waals surface area contributed by atoms with E-state index in [2.05, 4.69) is 162 Å². The van der Waals surface area contributed by atoms with Crippen molar-refractivity contribution in [1.82, 2.24) is 9.13 Å². The van der Waals surface area contributed by atoms with Crippen molar-refractivity contribution in [1.29, 1.82) is 0 Å². The predicted molar refractivity (Wildman–Crippen MR) is 252 cm³/mol. The zero-order valence-electron chi connectivity index (χ0n) is 32.8. The first-order valence-corrected chi connectivity index (χ1v) is 22.6. The van der Waals surface area contributed by atoms with Gasteiger partial charge in [-0.25, -0.2) is 0 Å². The van der Waals surface area contributed by atoms with Gasteiger partial charge in [0.25, 0.3) is 0 Å². The fourth-order valence-electron chi connectivity index (χ4n) is 9.14. The molecule has 56 heavy (non-hydrogen) atoms. The highest BCUT2D eigenvalue weighted by Gasteiger charge is 2.27. The fraction of sp³-hybridized carbons (Fsp3) is 0.160. The predicted octanol–water partition coefficient (Wildman–Crippen LogP) is 16.3. The summed E-state index contributed by atoms with van der Waals surface area (Å²) in [6.45, 7) is 18.6. The summed E-state index contributed by atoms with van der Waals surface area (Å²) in [6, 6.07) is 36.1. The zero-order valence-corrected chi connectivity index (χ0v) is 36.0. The van der Waals surface area contributed by atoms with E-state index in [0.29, 0.717) is 0 Å². The topological polar surface area (TPSA) is 9.86 Å². The van der Waals surface area contributed by atoms with Crippen LogP contribution in [0.5, 0.6) is 0 Å². The summed E-state index contributed by atoms with van der Waals surface area (Å²) in [5, 5.41) is 5.15. The molecule has 0 atom stereocenters. The molecule has 0 saturated carbocycles. The summed E-state index contributed by atoms with van der Waals surface area (Å²) in [4.78, 5) is 0. The minimum Gasteiger partial charge on any atom is -0.306 e. The minimum atomic E-state index is 1.25. The molecule has 0 aliphatic rings. The van der Waals surface area contributed by atoms with E-state index in [9.17, 15) is 0 Å². The zero-order chi connectivity index (χ0) is 38.3. The number of hydrogen-bond acceptors (Lipinski definition) is 4. The van der Waals surface area contributed by atoms with Gasteiger partial charge >= 0.3 is 0 Å². The van der Waals surface area contributed by atoms with Crippen LogP contribution in [-0.2, 0) is 0 Å². The van der Waals surface area contributed by atoms with Gasteiger partial charge in [-0.15, -0.1) is 45.3 Å². The number of aromatic nitrogens is 2. The Morgan fingerprint density at radius 2 is 0.482 bits per heavy atom. The average molecular weight is 797 g/mol. The van der Waals surface area contributed by atoms with Gasteiger partial charge < -0.3 is 9.13 Å². The molecule has 11 rings (SSSR count). The second-order valence-electron chi connectivity index (χ2n) is 15.5. The van der Waals surface area contributed by atoms with E-state index in [4.69, 9.17) is 0 Å². The summed E-state index contributed by atoms with van der Waals surface area (Å²) in [5.74, 6) is 0. The van der Waals surface area contributed by atoms with Crippen LogP contribution in [0, 0.1) is 55.4 Å². The van der Waals surface area contributed by atoms with E-state index in [1.807, 2.05) is 45.3 Å². The Hall–Kier alpha value is -4.98. The number of nitrogens with zero attached hydrogens (tertiary/aromatic N) is 2. The van der Waals surface area contributed by atoms with Crippen molar-refractivity contribution in [2.24, 2.45) is 0 Å². The largest absolute Gasteiger partial charge is 0.306 e. The number of fused-ring (bicyclic) bond motifs is 10. The third kappa shape index (κ3) is 4.47. The highest BCUT2D eigenvalue weighted by molar-refractivity contribution is 7.40. The number of hydrogen-bond donors (Lipinski definition) is 0. The minimum absolute atomic E-state index is 1.25. The third-order valence-electron chi connectivity index (χ3n) is 12.8. The van der Waals surface area contributed by atoms with Gasteiger partial charge in [-0.2, -0.15) is 0 Å². The number of benzene rings is 7. The van der Waals surface area contributed by atoms with Crippen molar-refractivity contribution >= 4 is 127 Å². The lowest BCUT2D eigenvalue weighted by atomic mass is 10.00. The van der Waals surface area contributed by atoms with Gasteiger partial charge in [0.05, 0.1) is 52.2 Å². The van der Waals surface area contributed by atoms with Gasteiger partial charge in [0.15, 0.2) is 0 Å². The normalized spacial score (nSPS) is 12.3. The molecule has 0 radical (unpaired) electrons. The second kappa shape index (κ2) is 12.3. The van der Waals surface area contributed by atoms with Crippen molar-refractivity contribution in [3.63, 3.8) is 0 Å². The SMILES string of the molecule is Cc1c(C)c(C)c2sc3c(-n4c5ccccc5c5ccccc54)c4sc5c(C)c(C)c(C)c(C)c5sc4c(-n4c5ccccc5c5ccccc54)c3sc2c1C. The molecule has 4 heterocycles. The van der Waals surface area contributed by atoms with Gasteiger partial charge in [0.1, 0.15) is 0 Å². The first-order chi connectivity index (χ1) is 27.2. The molecule has 6 heteroatoms. The molecule has 7 aromatic carbocycles. The maximum Gasteiger partial charge on any atom is 0.0838 e. The molecular formula is C50H40N2S4. The van der Waals surface area contributed by atoms with Gasteiger partial charge in [-0.05, 0) is 124 Å². The van der Waals surface area contributed by atoms with Gasteiger partial charge in [-0.1, -0.05) is 72.8 Å². The van der Waals surface area contributed by atoms with E-state index < -0.39 is 0 Å². The van der Waals surface area contributed by atoms with Crippen LogP contribution < -0.4 is 0 Å². The number of rotatable bonds is 2. The Bertz CT molecular complexity index is 3110. The van der Waals surface area contributed by atoms with E-state index in [1.54, 1.807) is 0 Å². The van der Waals surface area contributed by atoms with E-state index >= 15 is 0 Å². The number of para-hydroxylation sites is 4. The molecule has 2 nitrogen and oxygen atoms in total. The maximum atomic E-state index is 2.61. The Morgan fingerprint density at radius 3 is 0.714 bits per heavy atom. The lowest BCUT2D eigenvalue weighted by molar-refractivity contribution is 1.21. The Balaban J connectivity index is 1.51. The van der Waals surface area contributed by atoms with Crippen molar-refractivity contribution in [2.75, 3.05) is 0 Å². The van der Waals surface area contributed by atoms with Gasteiger partial charge in [-0.3, -0.25) is 0 Å². The van der Waals surface area contributed by atoms with Crippen LogP contribution in [-0.4, -0.2) is 9.13 Å². The molecule has 274 valence electrons. The molecular weight excluding hydrogens is 757 g/mol. The van der Waals surface area contributed by atoms with Crippen LogP contribution in [0.4, 0.5) is 0 Å². The summed E-state index contributed by atoms with van der Waals surface area (Å²) < 4.78 is 16.2. The van der Waals surface area contributed by atoms with E-state index in [0.717, 1.165) is 0 Å². The first kappa shape index (κ1) is 34.3. The van der Waals surface area contributed by atoms with Crippen LogP contribution in [0.3, 0.4) is 0 Å². The average Bonchev–Trinajstić information content (AvgIpc) is 3.74. The molecule has 0 bridgehead atoms. The Morgan fingerprint density at radius 1 is 0.268 bits per heavy atom. The van der Waals surface area contributed by atoms with Crippen molar-refractivity contribution in [2.45, 2.75) is 55.4 Å². The van der Waals surface area contributed by atoms with Crippen molar-refractivity contribution in [3.8, 4) is 11.4 Å². The summed E-state index contributed by atoms with van der Waals surface area (Å²) in [7, 11) is 0. The molecule has 0 aliphatic carbocycles. The third-order valence-corrected chi connectivity index (χ3v) is 18.6. The van der Waals surface area contributed by atoms with Crippen LogP contribution >= 0.6 is 45.3 Å². The molecule has 0 amide bonds. The van der Waals surface area contributed by atoms with E-state index in [1.165, 1.54) is 137 Å². The smallest absolute Gasteiger partial charge is 0.0838 e. The molecule has 0 unspecified atom stereocenters. The second-order valence-corrected chi connectivity index (χ2v) is 19.6. The highest BCUT2D eigenvalue weighted by Crippen LogP contribution is 2.54. The molecule has 11 aromatic rings. The summed E-state index contributed by atoms with van der Waals surface area (Å²) >= 11 is 8.00. The summed E-state index contributed by atoms with van der Waals surface area (Å²) in [5.41, 5.74) is 18.7. The van der Waals surface area contributed by atoms with Crippen molar-refractivity contribution < 1.29 is 0 Å². The molecule has 0 N–H and O–H groups in total. The lowest BCUT2D eigenvalue weighted by Crippen LogP contribution is -2.02. The molecule has 0 spiro atoms. The Kier molecular flexibility index (Phi) is 7.50.